The minimum atomic E-state index is -5.24. The maximum atomic E-state index is 13.7. The van der Waals surface area contributed by atoms with Crippen molar-refractivity contribution in [2.24, 2.45) is 0 Å². The number of carbonyl (C=O) groups is 3. The number of anilines is 1. The monoisotopic (exact) mass is 630 g/mol. The molecule has 8 nitrogen and oxygen atoms in total. The maximum absolute atomic E-state index is 13.7. The number of halogens is 9. The number of carbonyl (C=O) groups excluding carboxylic acids is 2. The third-order valence-corrected chi connectivity index (χ3v) is 6.49. The van der Waals surface area contributed by atoms with E-state index in [1.54, 1.807) is 0 Å². The Morgan fingerprint density at radius 2 is 1.47 bits per heavy atom. The van der Waals surface area contributed by atoms with Crippen LogP contribution in [0.2, 0.25) is 0 Å². The van der Waals surface area contributed by atoms with Crippen molar-refractivity contribution in [1.82, 2.24) is 4.90 Å². The van der Waals surface area contributed by atoms with E-state index in [-0.39, 0.29) is 18.4 Å². The summed E-state index contributed by atoms with van der Waals surface area (Å²) in [7, 11) is 0.818. The van der Waals surface area contributed by atoms with Crippen molar-refractivity contribution >= 4 is 23.8 Å². The van der Waals surface area contributed by atoms with Gasteiger partial charge in [-0.1, -0.05) is 0 Å². The number of rotatable bonds is 6. The van der Waals surface area contributed by atoms with Gasteiger partial charge in [0.25, 0.3) is 0 Å². The first-order valence-electron chi connectivity index (χ1n) is 12.3. The van der Waals surface area contributed by atoms with E-state index in [0.29, 0.717) is 29.2 Å². The SMILES string of the molecule is CCOC(=O)N1c2ccc(C(F)(F)F)cc2C(N(Cc2cc(C(F)(F)F)cc(C(F)(F)F)c2)C(=O)OC)C[C@H]1CC(=O)O. The Balaban J connectivity index is 2.27. The number of hydrogen-bond acceptors (Lipinski definition) is 5. The molecule has 1 unspecified atom stereocenters. The van der Waals surface area contributed by atoms with Crippen LogP contribution in [0.15, 0.2) is 36.4 Å². The van der Waals surface area contributed by atoms with Gasteiger partial charge in [-0.15, -0.1) is 0 Å². The topological polar surface area (TPSA) is 96.4 Å². The van der Waals surface area contributed by atoms with Crippen LogP contribution in [0.4, 0.5) is 54.8 Å². The van der Waals surface area contributed by atoms with Gasteiger partial charge in [0, 0.05) is 6.54 Å². The molecular formula is C26H23F9N2O6. The molecule has 2 atom stereocenters. The van der Waals surface area contributed by atoms with Crippen molar-refractivity contribution in [1.29, 1.82) is 0 Å². The van der Waals surface area contributed by atoms with Crippen molar-refractivity contribution < 1.29 is 68.5 Å². The van der Waals surface area contributed by atoms with E-state index in [1.807, 2.05) is 0 Å². The highest BCUT2D eigenvalue weighted by Crippen LogP contribution is 2.45. The van der Waals surface area contributed by atoms with E-state index in [4.69, 9.17) is 4.74 Å². The zero-order valence-electron chi connectivity index (χ0n) is 22.2. The average molecular weight is 630 g/mol. The fourth-order valence-electron chi connectivity index (χ4n) is 4.74. The van der Waals surface area contributed by atoms with Gasteiger partial charge < -0.3 is 14.6 Å². The van der Waals surface area contributed by atoms with Crippen molar-refractivity contribution in [2.45, 2.75) is 56.9 Å². The minimum absolute atomic E-state index is 0.141. The second-order valence-corrected chi connectivity index (χ2v) is 9.36. The molecule has 0 bridgehead atoms. The number of nitrogens with zero attached hydrogens (tertiary/aromatic N) is 2. The van der Waals surface area contributed by atoms with Crippen LogP contribution < -0.4 is 4.90 Å². The molecule has 3 rings (SSSR count). The summed E-state index contributed by atoms with van der Waals surface area (Å²) in [5.41, 5.74) is -6.10. The molecular weight excluding hydrogens is 607 g/mol. The molecule has 0 aromatic heterocycles. The number of alkyl halides is 9. The predicted molar refractivity (Wildman–Crippen MR) is 129 cm³/mol. The Hall–Kier alpha value is -4.18. The standard InChI is InChI=1S/C26H23F9N2O6/c1-3-43-23(41)37-17(11-21(38)39)10-20(18-9-14(24(27,28)29)4-5-19(18)37)36(22(40)42-2)12-13-6-15(25(30,31)32)8-16(7-13)26(33,34)35/h4-9,17,20H,3,10-12H2,1-2H3,(H,38,39)/t17-,20?/m0/s1. The van der Waals surface area contributed by atoms with Gasteiger partial charge >= 0.3 is 36.7 Å². The second-order valence-electron chi connectivity index (χ2n) is 9.36. The Labute approximate surface area is 237 Å². The molecule has 0 spiro atoms. The number of amides is 2. The highest BCUT2D eigenvalue weighted by Gasteiger charge is 2.44. The fourth-order valence-corrected chi connectivity index (χ4v) is 4.74. The van der Waals surface area contributed by atoms with Gasteiger partial charge in [-0.3, -0.25) is 14.6 Å². The molecule has 1 N–H and O–H groups in total. The summed E-state index contributed by atoms with van der Waals surface area (Å²) in [4.78, 5) is 38.8. The second kappa shape index (κ2) is 12.2. The van der Waals surface area contributed by atoms with Gasteiger partial charge in [0.2, 0.25) is 0 Å². The van der Waals surface area contributed by atoms with Gasteiger partial charge in [-0.2, -0.15) is 39.5 Å². The lowest BCUT2D eigenvalue weighted by molar-refractivity contribution is -0.143. The van der Waals surface area contributed by atoms with Crippen molar-refractivity contribution in [2.75, 3.05) is 18.6 Å². The lowest BCUT2D eigenvalue weighted by Gasteiger charge is -2.43. The first-order chi connectivity index (χ1) is 19.8. The van der Waals surface area contributed by atoms with E-state index in [9.17, 15) is 59.0 Å². The molecule has 0 saturated heterocycles. The van der Waals surface area contributed by atoms with Gasteiger partial charge in [0.1, 0.15) is 0 Å². The summed E-state index contributed by atoms with van der Waals surface area (Å²) < 4.78 is 132. The molecule has 43 heavy (non-hydrogen) atoms. The lowest BCUT2D eigenvalue weighted by atomic mass is 9.87. The molecule has 1 aliphatic heterocycles. The molecule has 2 aromatic rings. The third-order valence-electron chi connectivity index (χ3n) is 6.49. The number of ether oxygens (including phenoxy) is 2. The largest absolute Gasteiger partial charge is 0.481 e. The molecule has 17 heteroatoms. The first-order valence-corrected chi connectivity index (χ1v) is 12.3. The van der Waals surface area contributed by atoms with Gasteiger partial charge in [0.05, 0.1) is 54.6 Å². The molecule has 1 heterocycles. The number of hydrogen-bond donors (Lipinski definition) is 1. The van der Waals surface area contributed by atoms with Crippen LogP contribution in [0.1, 0.15) is 53.6 Å². The normalized spacial score (nSPS) is 17.2. The van der Waals surface area contributed by atoms with E-state index in [1.165, 1.54) is 6.92 Å². The van der Waals surface area contributed by atoms with Crippen molar-refractivity contribution in [3.63, 3.8) is 0 Å². The quantitative estimate of drug-likeness (QED) is 0.338. The van der Waals surface area contributed by atoms with E-state index < -0.39 is 96.0 Å². The lowest BCUT2D eigenvalue weighted by Crippen LogP contribution is -2.49. The summed E-state index contributed by atoms with van der Waals surface area (Å²) in [6, 6.07) is -0.493. The number of carboxylic acids is 1. The number of benzene rings is 2. The van der Waals surface area contributed by atoms with E-state index >= 15 is 0 Å². The Morgan fingerprint density at radius 1 is 0.907 bits per heavy atom. The summed E-state index contributed by atoms with van der Waals surface area (Å²) >= 11 is 0. The summed E-state index contributed by atoms with van der Waals surface area (Å²) in [6.07, 6.45) is -19.3. The molecule has 1 aliphatic rings. The summed E-state index contributed by atoms with van der Waals surface area (Å²) in [6.45, 7) is 0.174. The number of methoxy groups -OCH3 is 1. The van der Waals surface area contributed by atoms with Crippen molar-refractivity contribution in [3.05, 3.63) is 64.2 Å². The number of aliphatic carboxylic acids is 1. The smallest absolute Gasteiger partial charge is 0.416 e. The van der Waals surface area contributed by atoms with Crippen LogP contribution >= 0.6 is 0 Å². The van der Waals surface area contributed by atoms with Crippen LogP contribution in [-0.2, 0) is 39.3 Å². The highest BCUT2D eigenvalue weighted by molar-refractivity contribution is 5.91. The Kier molecular flexibility index (Phi) is 9.46. The van der Waals surface area contributed by atoms with Crippen molar-refractivity contribution in [3.8, 4) is 0 Å². The van der Waals surface area contributed by atoms with Crippen LogP contribution in [0.5, 0.6) is 0 Å². The zero-order chi connectivity index (χ0) is 32.5. The fraction of sp³-hybridized carbons (Fsp3) is 0.423. The summed E-state index contributed by atoms with van der Waals surface area (Å²) in [5.74, 6) is -1.47. The molecule has 2 amide bonds. The molecule has 236 valence electrons. The molecule has 0 saturated carbocycles. The van der Waals surface area contributed by atoms with Gasteiger partial charge in [-0.05, 0) is 60.9 Å². The molecule has 2 aromatic carbocycles. The minimum Gasteiger partial charge on any atom is -0.481 e. The first kappa shape index (κ1) is 33.3. The van der Waals surface area contributed by atoms with Crippen LogP contribution in [-0.4, -0.2) is 47.9 Å². The predicted octanol–water partition coefficient (Wildman–Crippen LogP) is 7.26. The Morgan fingerprint density at radius 3 is 1.93 bits per heavy atom. The molecule has 0 fully saturated rings. The zero-order valence-corrected chi connectivity index (χ0v) is 22.2. The van der Waals surface area contributed by atoms with Crippen LogP contribution in [0.3, 0.4) is 0 Å². The average Bonchev–Trinajstić information content (AvgIpc) is 2.88. The molecule has 0 aliphatic carbocycles. The molecule has 0 radical (unpaired) electrons. The van der Waals surface area contributed by atoms with Gasteiger partial charge in [0.15, 0.2) is 0 Å². The number of carboxylic acid groups (broad SMARTS) is 1. The van der Waals surface area contributed by atoms with E-state index in [0.717, 1.165) is 18.1 Å². The van der Waals surface area contributed by atoms with Gasteiger partial charge in [-0.25, -0.2) is 9.59 Å². The van der Waals surface area contributed by atoms with Crippen LogP contribution in [0, 0.1) is 0 Å². The van der Waals surface area contributed by atoms with E-state index in [2.05, 4.69) is 4.74 Å². The van der Waals surface area contributed by atoms with Crippen LogP contribution in [0.25, 0.3) is 0 Å². The Bertz CT molecular complexity index is 1340. The third kappa shape index (κ3) is 7.62. The highest BCUT2D eigenvalue weighted by atomic mass is 19.4. The number of fused-ring (bicyclic) bond motifs is 1. The summed E-state index contributed by atoms with van der Waals surface area (Å²) in [5, 5.41) is 9.48. The maximum Gasteiger partial charge on any atom is 0.416 e.